The standard InChI is InChI=1S/C17H13ClF3N3O2/c18-12-7-5-11(6-8-12)9-23-24-15(25)10-22-16(26)13-3-1-2-4-14(13)17(19,20)21/h1-9H,10H2,(H,22,26)(H,24,25)/b23-9+. The zero-order chi connectivity index (χ0) is 19.2. The number of alkyl halides is 3. The van der Waals surface area contributed by atoms with Crippen LogP contribution in [-0.4, -0.2) is 24.6 Å². The van der Waals surface area contributed by atoms with E-state index in [4.69, 9.17) is 11.6 Å². The largest absolute Gasteiger partial charge is 0.417 e. The summed E-state index contributed by atoms with van der Waals surface area (Å²) in [4.78, 5) is 23.5. The number of carbonyl (C=O) groups is 2. The summed E-state index contributed by atoms with van der Waals surface area (Å²) in [7, 11) is 0. The monoisotopic (exact) mass is 383 g/mol. The lowest BCUT2D eigenvalue weighted by Crippen LogP contribution is -2.35. The fourth-order valence-corrected chi connectivity index (χ4v) is 2.08. The number of hydrogen-bond donors (Lipinski definition) is 2. The van der Waals surface area contributed by atoms with E-state index in [0.29, 0.717) is 10.6 Å². The fraction of sp³-hybridized carbons (Fsp3) is 0.118. The first-order valence-corrected chi connectivity index (χ1v) is 7.67. The average molecular weight is 384 g/mol. The third-order valence-electron chi connectivity index (χ3n) is 3.16. The normalized spacial score (nSPS) is 11.4. The maximum atomic E-state index is 12.9. The molecule has 0 aliphatic carbocycles. The van der Waals surface area contributed by atoms with E-state index in [0.717, 1.165) is 12.1 Å². The van der Waals surface area contributed by atoms with Crippen molar-refractivity contribution in [3.05, 3.63) is 70.2 Å². The first-order valence-electron chi connectivity index (χ1n) is 7.29. The molecule has 0 aliphatic rings. The predicted octanol–water partition coefficient (Wildman–Crippen LogP) is 3.24. The summed E-state index contributed by atoms with van der Waals surface area (Å²) in [6.07, 6.45) is -3.31. The Kier molecular flexibility index (Phi) is 6.35. The Hall–Kier alpha value is -2.87. The molecule has 9 heteroatoms. The quantitative estimate of drug-likeness (QED) is 0.614. The molecule has 26 heavy (non-hydrogen) atoms. The molecule has 0 unspecified atom stereocenters. The van der Waals surface area contributed by atoms with Crippen LogP contribution in [0.1, 0.15) is 21.5 Å². The highest BCUT2D eigenvalue weighted by atomic mass is 35.5. The molecule has 0 fully saturated rings. The molecule has 0 heterocycles. The van der Waals surface area contributed by atoms with Gasteiger partial charge in [0.2, 0.25) is 0 Å². The summed E-state index contributed by atoms with van der Waals surface area (Å²) in [5.41, 5.74) is 1.21. The second kappa shape index (κ2) is 8.48. The average Bonchev–Trinajstić information content (AvgIpc) is 2.60. The van der Waals surface area contributed by atoms with E-state index < -0.39 is 35.7 Å². The lowest BCUT2D eigenvalue weighted by molar-refractivity contribution is -0.137. The van der Waals surface area contributed by atoms with Gasteiger partial charge in [0.05, 0.1) is 23.9 Å². The fourth-order valence-electron chi connectivity index (χ4n) is 1.95. The van der Waals surface area contributed by atoms with Gasteiger partial charge in [-0.3, -0.25) is 9.59 Å². The van der Waals surface area contributed by atoms with E-state index in [1.165, 1.54) is 18.3 Å². The highest BCUT2D eigenvalue weighted by Crippen LogP contribution is 2.31. The van der Waals surface area contributed by atoms with Gasteiger partial charge in [-0.05, 0) is 29.8 Å². The van der Waals surface area contributed by atoms with Gasteiger partial charge in [-0.25, -0.2) is 5.43 Å². The Morgan fingerprint density at radius 1 is 1.08 bits per heavy atom. The van der Waals surface area contributed by atoms with Crippen LogP contribution < -0.4 is 10.7 Å². The van der Waals surface area contributed by atoms with Crippen molar-refractivity contribution in [1.82, 2.24) is 10.7 Å². The molecular weight excluding hydrogens is 371 g/mol. The molecule has 5 nitrogen and oxygen atoms in total. The van der Waals surface area contributed by atoms with E-state index in [2.05, 4.69) is 15.8 Å². The second-order valence-corrected chi connectivity index (χ2v) is 5.51. The minimum absolute atomic E-state index is 0.525. The summed E-state index contributed by atoms with van der Waals surface area (Å²) in [6, 6.07) is 11.0. The second-order valence-electron chi connectivity index (χ2n) is 5.07. The smallest absolute Gasteiger partial charge is 0.343 e. The van der Waals surface area contributed by atoms with E-state index in [9.17, 15) is 22.8 Å². The highest BCUT2D eigenvalue weighted by Gasteiger charge is 2.34. The molecule has 0 atom stereocenters. The molecule has 0 radical (unpaired) electrons. The summed E-state index contributed by atoms with van der Waals surface area (Å²) in [5, 5.41) is 6.35. The van der Waals surface area contributed by atoms with Crippen molar-refractivity contribution < 1.29 is 22.8 Å². The minimum Gasteiger partial charge on any atom is -0.343 e. The summed E-state index contributed by atoms with van der Waals surface area (Å²) < 4.78 is 38.6. The molecule has 0 aliphatic heterocycles. The van der Waals surface area contributed by atoms with E-state index in [1.807, 2.05) is 0 Å². The third kappa shape index (κ3) is 5.59. The zero-order valence-electron chi connectivity index (χ0n) is 13.2. The molecule has 2 aromatic rings. The number of nitrogens with one attached hydrogen (secondary N) is 2. The number of amides is 2. The maximum absolute atomic E-state index is 12.9. The van der Waals surface area contributed by atoms with Crippen molar-refractivity contribution >= 4 is 29.6 Å². The molecule has 0 bridgehead atoms. The Morgan fingerprint density at radius 3 is 2.38 bits per heavy atom. The summed E-state index contributed by atoms with van der Waals surface area (Å²) in [6.45, 7) is -0.525. The van der Waals surface area contributed by atoms with Gasteiger partial charge in [0.1, 0.15) is 0 Å². The van der Waals surface area contributed by atoms with Gasteiger partial charge < -0.3 is 5.32 Å². The first-order chi connectivity index (χ1) is 12.3. The van der Waals surface area contributed by atoms with Crippen LogP contribution in [0.5, 0.6) is 0 Å². The molecule has 0 aromatic heterocycles. The van der Waals surface area contributed by atoms with Crippen LogP contribution in [-0.2, 0) is 11.0 Å². The number of nitrogens with zero attached hydrogens (tertiary/aromatic N) is 1. The van der Waals surface area contributed by atoms with Crippen molar-refractivity contribution in [1.29, 1.82) is 0 Å². The number of benzene rings is 2. The van der Waals surface area contributed by atoms with Gasteiger partial charge in [0.15, 0.2) is 0 Å². The SMILES string of the molecule is O=C(CNC(=O)c1ccccc1C(F)(F)F)N/N=C/c1ccc(Cl)cc1. The predicted molar refractivity (Wildman–Crippen MR) is 91.0 cm³/mol. The van der Waals surface area contributed by atoms with Gasteiger partial charge in [-0.2, -0.15) is 18.3 Å². The van der Waals surface area contributed by atoms with Gasteiger partial charge in [0.25, 0.3) is 11.8 Å². The van der Waals surface area contributed by atoms with Crippen LogP contribution in [0.15, 0.2) is 53.6 Å². The van der Waals surface area contributed by atoms with Crippen molar-refractivity contribution in [2.45, 2.75) is 6.18 Å². The number of carbonyl (C=O) groups excluding carboxylic acids is 2. The number of hydrazone groups is 1. The van der Waals surface area contributed by atoms with Crippen LogP contribution >= 0.6 is 11.6 Å². The van der Waals surface area contributed by atoms with Crippen molar-refractivity contribution in [2.75, 3.05) is 6.54 Å². The minimum atomic E-state index is -4.67. The van der Waals surface area contributed by atoms with Crippen LogP contribution in [0.25, 0.3) is 0 Å². The van der Waals surface area contributed by atoms with Gasteiger partial charge in [-0.1, -0.05) is 35.9 Å². The van der Waals surface area contributed by atoms with Crippen LogP contribution in [0.3, 0.4) is 0 Å². The van der Waals surface area contributed by atoms with Crippen LogP contribution in [0.2, 0.25) is 5.02 Å². The van der Waals surface area contributed by atoms with Gasteiger partial charge in [0, 0.05) is 5.02 Å². The Labute approximate surface area is 151 Å². The Bertz CT molecular complexity index is 821. The third-order valence-corrected chi connectivity index (χ3v) is 3.41. The Balaban J connectivity index is 1.89. The molecule has 2 amide bonds. The van der Waals surface area contributed by atoms with Gasteiger partial charge in [-0.15, -0.1) is 0 Å². The van der Waals surface area contributed by atoms with Crippen LogP contribution in [0, 0.1) is 0 Å². The molecule has 0 saturated carbocycles. The summed E-state index contributed by atoms with van der Waals surface area (Å²) >= 11 is 5.73. The summed E-state index contributed by atoms with van der Waals surface area (Å²) in [5.74, 6) is -1.69. The molecule has 2 aromatic carbocycles. The van der Waals surface area contributed by atoms with Gasteiger partial charge >= 0.3 is 6.18 Å². The van der Waals surface area contributed by atoms with E-state index in [-0.39, 0.29) is 0 Å². The zero-order valence-corrected chi connectivity index (χ0v) is 13.9. The number of rotatable bonds is 5. The molecule has 2 N–H and O–H groups in total. The number of halogens is 4. The first kappa shape index (κ1) is 19.5. The molecule has 0 saturated heterocycles. The van der Waals surface area contributed by atoms with Crippen molar-refractivity contribution in [3.63, 3.8) is 0 Å². The Morgan fingerprint density at radius 2 is 1.73 bits per heavy atom. The lowest BCUT2D eigenvalue weighted by atomic mass is 10.1. The van der Waals surface area contributed by atoms with Crippen LogP contribution in [0.4, 0.5) is 13.2 Å². The number of hydrogen-bond acceptors (Lipinski definition) is 3. The van der Waals surface area contributed by atoms with E-state index in [1.54, 1.807) is 24.3 Å². The maximum Gasteiger partial charge on any atom is 0.417 e. The topological polar surface area (TPSA) is 70.6 Å². The molecule has 136 valence electrons. The van der Waals surface area contributed by atoms with Crippen molar-refractivity contribution in [3.8, 4) is 0 Å². The molecular formula is C17H13ClF3N3O2. The molecule has 2 rings (SSSR count). The molecule has 0 spiro atoms. The highest BCUT2D eigenvalue weighted by molar-refractivity contribution is 6.30. The lowest BCUT2D eigenvalue weighted by Gasteiger charge is -2.12. The van der Waals surface area contributed by atoms with Crippen molar-refractivity contribution in [2.24, 2.45) is 5.10 Å². The van der Waals surface area contributed by atoms with E-state index >= 15 is 0 Å².